The molecule has 0 spiro atoms. The van der Waals surface area contributed by atoms with E-state index in [1.54, 1.807) is 6.20 Å². The van der Waals surface area contributed by atoms with E-state index in [0.29, 0.717) is 5.69 Å². The molecule has 18 heavy (non-hydrogen) atoms. The van der Waals surface area contributed by atoms with Gasteiger partial charge in [0.1, 0.15) is 11.8 Å². The Labute approximate surface area is 105 Å². The number of hydrogen-bond donors (Lipinski definition) is 0. The summed E-state index contributed by atoms with van der Waals surface area (Å²) in [7, 11) is 0. The van der Waals surface area contributed by atoms with Crippen molar-refractivity contribution in [3.63, 3.8) is 0 Å². The molecule has 2 aromatic heterocycles. The van der Waals surface area contributed by atoms with Crippen molar-refractivity contribution in [3.8, 4) is 6.07 Å². The quantitative estimate of drug-likeness (QED) is 0.682. The summed E-state index contributed by atoms with van der Waals surface area (Å²) in [6, 6.07) is 14.2. The lowest BCUT2D eigenvalue weighted by molar-refractivity contribution is 0.810. The second-order valence-electron chi connectivity index (χ2n) is 4.23. The molecule has 0 fully saturated rings. The van der Waals surface area contributed by atoms with E-state index in [4.69, 9.17) is 5.26 Å². The fraction of sp³-hybridized carbons (Fsp3) is 0.0667. The summed E-state index contributed by atoms with van der Waals surface area (Å²) in [5.41, 5.74) is 1.71. The predicted molar refractivity (Wildman–Crippen MR) is 70.0 cm³/mol. The van der Waals surface area contributed by atoms with Crippen molar-refractivity contribution in [2.24, 2.45) is 0 Å². The van der Waals surface area contributed by atoms with Crippen molar-refractivity contribution in [2.45, 2.75) is 6.54 Å². The Balaban J connectivity index is 1.97. The summed E-state index contributed by atoms with van der Waals surface area (Å²) in [5, 5.41) is 10.9. The Morgan fingerprint density at radius 1 is 1.11 bits per heavy atom. The van der Waals surface area contributed by atoms with Gasteiger partial charge in [-0.1, -0.05) is 30.3 Å². The van der Waals surface area contributed by atoms with E-state index in [-0.39, 0.29) is 0 Å². The largest absolute Gasteiger partial charge is 0.349 e. The fourth-order valence-corrected chi connectivity index (χ4v) is 2.04. The zero-order valence-electron chi connectivity index (χ0n) is 9.74. The maximum absolute atomic E-state index is 8.82. The third kappa shape index (κ3) is 1.96. The van der Waals surface area contributed by atoms with E-state index < -0.39 is 0 Å². The van der Waals surface area contributed by atoms with Gasteiger partial charge in [0.05, 0.1) is 0 Å². The SMILES string of the molecule is N#Cc1cc2cn(Cc3ccccc3)cc2cn1. The number of nitriles is 1. The molecule has 0 aliphatic rings. The topological polar surface area (TPSA) is 41.6 Å². The minimum absolute atomic E-state index is 0.458. The number of hydrogen-bond acceptors (Lipinski definition) is 2. The average Bonchev–Trinajstić information content (AvgIpc) is 2.80. The lowest BCUT2D eigenvalue weighted by Gasteiger charge is -2.01. The Morgan fingerprint density at radius 3 is 2.67 bits per heavy atom. The number of pyridine rings is 1. The van der Waals surface area contributed by atoms with Gasteiger partial charge in [-0.05, 0) is 11.6 Å². The van der Waals surface area contributed by atoms with Gasteiger partial charge in [0.2, 0.25) is 0 Å². The molecule has 3 heteroatoms. The molecule has 0 amide bonds. The van der Waals surface area contributed by atoms with Crippen LogP contribution in [0.3, 0.4) is 0 Å². The number of aromatic nitrogens is 2. The summed E-state index contributed by atoms with van der Waals surface area (Å²) in [6.45, 7) is 0.831. The molecule has 3 nitrogen and oxygen atoms in total. The van der Waals surface area contributed by atoms with Crippen LogP contribution in [0.25, 0.3) is 10.8 Å². The first-order valence-corrected chi connectivity index (χ1v) is 5.75. The van der Waals surface area contributed by atoms with Crippen molar-refractivity contribution in [1.82, 2.24) is 9.55 Å². The van der Waals surface area contributed by atoms with Gasteiger partial charge in [0, 0.05) is 35.9 Å². The van der Waals surface area contributed by atoms with E-state index in [1.165, 1.54) is 5.56 Å². The van der Waals surface area contributed by atoms with Crippen LogP contribution in [0, 0.1) is 11.3 Å². The standard InChI is InChI=1S/C15H11N3/c16-7-15-6-13-10-18(11-14(13)8-17-15)9-12-4-2-1-3-5-12/h1-6,8,10-11H,9H2. The minimum atomic E-state index is 0.458. The van der Waals surface area contributed by atoms with Crippen LogP contribution in [0.1, 0.15) is 11.3 Å². The van der Waals surface area contributed by atoms with E-state index in [1.807, 2.05) is 30.5 Å². The van der Waals surface area contributed by atoms with E-state index in [0.717, 1.165) is 17.3 Å². The molecular weight excluding hydrogens is 222 g/mol. The maximum Gasteiger partial charge on any atom is 0.141 e. The summed E-state index contributed by atoms with van der Waals surface area (Å²) in [6.07, 6.45) is 5.84. The van der Waals surface area contributed by atoms with Gasteiger partial charge in [0.15, 0.2) is 0 Å². The van der Waals surface area contributed by atoms with Gasteiger partial charge in [-0.15, -0.1) is 0 Å². The number of fused-ring (bicyclic) bond motifs is 1. The molecule has 0 saturated heterocycles. The summed E-state index contributed by atoms with van der Waals surface area (Å²) < 4.78 is 2.11. The van der Waals surface area contributed by atoms with Crippen LogP contribution in [0.4, 0.5) is 0 Å². The minimum Gasteiger partial charge on any atom is -0.349 e. The van der Waals surface area contributed by atoms with Gasteiger partial charge in [-0.2, -0.15) is 5.26 Å². The first-order valence-electron chi connectivity index (χ1n) is 5.75. The van der Waals surface area contributed by atoms with Crippen molar-refractivity contribution in [1.29, 1.82) is 5.26 Å². The number of rotatable bonds is 2. The van der Waals surface area contributed by atoms with Crippen molar-refractivity contribution in [3.05, 3.63) is 66.2 Å². The number of nitrogens with zero attached hydrogens (tertiary/aromatic N) is 3. The molecule has 0 unspecified atom stereocenters. The Bertz CT molecular complexity index is 720. The molecule has 0 aliphatic heterocycles. The smallest absolute Gasteiger partial charge is 0.141 e. The number of benzene rings is 1. The van der Waals surface area contributed by atoms with Crippen LogP contribution < -0.4 is 0 Å². The first-order chi connectivity index (χ1) is 8.85. The lowest BCUT2D eigenvalue weighted by Crippen LogP contribution is -1.94. The van der Waals surface area contributed by atoms with Crippen molar-refractivity contribution >= 4 is 10.8 Å². The van der Waals surface area contributed by atoms with Gasteiger partial charge in [-0.25, -0.2) is 4.98 Å². The highest BCUT2D eigenvalue weighted by atomic mass is 14.9. The van der Waals surface area contributed by atoms with Gasteiger partial charge >= 0.3 is 0 Å². The van der Waals surface area contributed by atoms with Gasteiger partial charge in [-0.3, -0.25) is 0 Å². The highest BCUT2D eigenvalue weighted by molar-refractivity contribution is 5.82. The molecular formula is C15H11N3. The fourth-order valence-electron chi connectivity index (χ4n) is 2.04. The molecule has 0 atom stereocenters. The Hall–Kier alpha value is -2.60. The second-order valence-corrected chi connectivity index (χ2v) is 4.23. The average molecular weight is 233 g/mol. The molecule has 0 saturated carbocycles. The molecule has 1 aromatic carbocycles. The molecule has 2 heterocycles. The normalized spacial score (nSPS) is 10.4. The predicted octanol–water partition coefficient (Wildman–Crippen LogP) is 2.96. The van der Waals surface area contributed by atoms with Crippen LogP contribution in [-0.4, -0.2) is 9.55 Å². The third-order valence-electron chi connectivity index (χ3n) is 2.90. The highest BCUT2D eigenvalue weighted by Gasteiger charge is 2.01. The molecule has 0 bridgehead atoms. The van der Waals surface area contributed by atoms with Crippen LogP contribution in [-0.2, 0) is 6.54 Å². The summed E-state index contributed by atoms with van der Waals surface area (Å²) >= 11 is 0. The third-order valence-corrected chi connectivity index (χ3v) is 2.90. The monoisotopic (exact) mass is 233 g/mol. The maximum atomic E-state index is 8.82. The Morgan fingerprint density at radius 2 is 1.89 bits per heavy atom. The summed E-state index contributed by atoms with van der Waals surface area (Å²) in [5.74, 6) is 0. The van der Waals surface area contributed by atoms with Crippen molar-refractivity contribution < 1.29 is 0 Å². The highest BCUT2D eigenvalue weighted by Crippen LogP contribution is 2.16. The second kappa shape index (κ2) is 4.34. The molecule has 0 N–H and O–H groups in total. The lowest BCUT2D eigenvalue weighted by atomic mass is 10.2. The molecule has 0 radical (unpaired) electrons. The van der Waals surface area contributed by atoms with Crippen LogP contribution in [0.5, 0.6) is 0 Å². The van der Waals surface area contributed by atoms with Crippen LogP contribution in [0.2, 0.25) is 0 Å². The zero-order valence-corrected chi connectivity index (χ0v) is 9.74. The van der Waals surface area contributed by atoms with Crippen molar-refractivity contribution in [2.75, 3.05) is 0 Å². The molecule has 3 aromatic rings. The van der Waals surface area contributed by atoms with E-state index >= 15 is 0 Å². The van der Waals surface area contributed by atoms with Crippen LogP contribution >= 0.6 is 0 Å². The molecule has 86 valence electrons. The van der Waals surface area contributed by atoms with E-state index in [9.17, 15) is 0 Å². The summed E-state index contributed by atoms with van der Waals surface area (Å²) in [4.78, 5) is 4.07. The molecule has 3 rings (SSSR count). The van der Waals surface area contributed by atoms with Gasteiger partial charge < -0.3 is 4.57 Å². The van der Waals surface area contributed by atoms with E-state index in [2.05, 4.69) is 33.9 Å². The Kier molecular flexibility index (Phi) is 2.54. The van der Waals surface area contributed by atoms with Gasteiger partial charge in [0.25, 0.3) is 0 Å². The first kappa shape index (κ1) is 10.5. The van der Waals surface area contributed by atoms with Crippen LogP contribution in [0.15, 0.2) is 55.0 Å². The molecule has 0 aliphatic carbocycles. The zero-order chi connectivity index (χ0) is 12.4.